The molecule has 0 radical (unpaired) electrons. The lowest BCUT2D eigenvalue weighted by Gasteiger charge is -2.34. The molecule has 0 saturated carbocycles. The molecule has 0 bridgehead atoms. The van der Waals surface area contributed by atoms with E-state index >= 15 is 0 Å². The van der Waals surface area contributed by atoms with Crippen LogP contribution in [0.15, 0.2) is 237 Å². The Morgan fingerprint density at radius 3 is 1.78 bits per heavy atom. The number of hydrogen-bond donors (Lipinski definition) is 0. The maximum absolute atomic E-state index is 2.47. The molecular weight excluding hydrogens is 831 g/mol. The molecule has 69 heavy (non-hydrogen) atoms. The second-order valence-electron chi connectivity index (χ2n) is 18.1. The molecule has 0 aliphatic heterocycles. The van der Waals surface area contributed by atoms with Crippen LogP contribution < -0.4 is 0 Å². The average Bonchev–Trinajstić information content (AvgIpc) is 3.90. The van der Waals surface area contributed by atoms with Crippen molar-refractivity contribution in [3.63, 3.8) is 0 Å². The minimum Gasteiger partial charge on any atom is -0.309 e. The van der Waals surface area contributed by atoms with Crippen molar-refractivity contribution in [2.45, 2.75) is 52.9 Å². The molecule has 0 atom stereocenters. The first kappa shape index (κ1) is 44.8. The molecule has 1 aromatic heterocycles. The second-order valence-corrected chi connectivity index (χ2v) is 18.1. The molecule has 1 heteroatoms. The summed E-state index contributed by atoms with van der Waals surface area (Å²) in [7, 11) is 0. The van der Waals surface area contributed by atoms with Gasteiger partial charge in [0.25, 0.3) is 0 Å². The van der Waals surface area contributed by atoms with Crippen molar-refractivity contribution in [1.82, 2.24) is 4.57 Å². The van der Waals surface area contributed by atoms with E-state index in [0.717, 1.165) is 0 Å². The third kappa shape index (κ3) is 8.29. The van der Waals surface area contributed by atoms with Crippen LogP contribution in [0, 0.1) is 20.8 Å². The van der Waals surface area contributed by atoms with Crippen molar-refractivity contribution in [2.24, 2.45) is 0 Å². The van der Waals surface area contributed by atoms with Gasteiger partial charge in [-0.05, 0) is 135 Å². The number of nitrogens with zero attached hydrogens (tertiary/aromatic N) is 1. The fourth-order valence-electron chi connectivity index (χ4n) is 10.9. The quantitative estimate of drug-likeness (QED) is 0.166. The molecule has 11 aromatic rings. The van der Waals surface area contributed by atoms with E-state index in [2.05, 4.69) is 268 Å². The van der Waals surface area contributed by atoms with E-state index in [1.807, 2.05) is 13.8 Å². The Kier molecular flexibility index (Phi) is 12.8. The topological polar surface area (TPSA) is 4.93 Å². The molecule has 2 aliphatic rings. The van der Waals surface area contributed by atoms with E-state index in [0.29, 0.717) is 0 Å². The summed E-state index contributed by atoms with van der Waals surface area (Å²) in [6.07, 6.45) is 6.91. The third-order valence-corrected chi connectivity index (χ3v) is 14.0. The fraction of sp³-hybridized carbons (Fsp3) is 0.118. The lowest BCUT2D eigenvalue weighted by atomic mass is 9.67. The summed E-state index contributed by atoms with van der Waals surface area (Å²) in [4.78, 5) is 0. The van der Waals surface area contributed by atoms with Crippen molar-refractivity contribution in [3.8, 4) is 27.9 Å². The van der Waals surface area contributed by atoms with E-state index in [-0.39, 0.29) is 0 Å². The standard InChI is InChI=1S/C44H31N.C11H12.C11H10.C2H6/c1-30-13-12-14-31(27-30)32-23-25-39-38-20-9-11-22-42(38)45(43(39)28-32)35-24-26-37-36-19-8-10-21-40(36)44(41(37)29-35,33-15-4-2-5-16-33)34-17-6-3-7-18-34;2*1-9-5-4-7-10-6-2-3-8-11(9)10;1-2/h2-29H,1H3;2,4-7H,3,8H2,1H3;2-8H,1H3;1-2H3. The van der Waals surface area contributed by atoms with Crippen LogP contribution >= 0.6 is 0 Å². The third-order valence-electron chi connectivity index (χ3n) is 14.0. The minimum absolute atomic E-state index is 0.435. The molecule has 0 unspecified atom stereocenters. The minimum atomic E-state index is -0.435. The first-order chi connectivity index (χ1) is 34.0. The van der Waals surface area contributed by atoms with Gasteiger partial charge < -0.3 is 4.57 Å². The van der Waals surface area contributed by atoms with Gasteiger partial charge >= 0.3 is 0 Å². The molecule has 0 fully saturated rings. The molecule has 0 N–H and O–H groups in total. The van der Waals surface area contributed by atoms with Gasteiger partial charge in [0.15, 0.2) is 0 Å². The van der Waals surface area contributed by atoms with Crippen molar-refractivity contribution < 1.29 is 0 Å². The molecule has 1 nitrogen and oxygen atoms in total. The number of aryl methyl sites for hydroxylation is 3. The highest BCUT2D eigenvalue weighted by Crippen LogP contribution is 2.56. The van der Waals surface area contributed by atoms with E-state index in [1.54, 1.807) is 0 Å². The van der Waals surface area contributed by atoms with Gasteiger partial charge in [-0.1, -0.05) is 238 Å². The summed E-state index contributed by atoms with van der Waals surface area (Å²) >= 11 is 0. The van der Waals surface area contributed by atoms with Crippen LogP contribution in [0.2, 0.25) is 0 Å². The molecule has 0 amide bonds. The zero-order chi connectivity index (χ0) is 47.3. The van der Waals surface area contributed by atoms with Gasteiger partial charge in [-0.25, -0.2) is 0 Å². The van der Waals surface area contributed by atoms with Crippen LogP contribution in [-0.4, -0.2) is 4.57 Å². The van der Waals surface area contributed by atoms with Crippen molar-refractivity contribution >= 4 is 38.7 Å². The van der Waals surface area contributed by atoms with Crippen LogP contribution in [0.1, 0.15) is 70.3 Å². The first-order valence-electron chi connectivity index (χ1n) is 24.6. The van der Waals surface area contributed by atoms with Crippen LogP contribution in [0.25, 0.3) is 66.6 Å². The lowest BCUT2D eigenvalue weighted by Crippen LogP contribution is -2.28. The summed E-state index contributed by atoms with van der Waals surface area (Å²) in [5.41, 5.74) is 20.5. The van der Waals surface area contributed by atoms with Gasteiger partial charge in [-0.15, -0.1) is 0 Å². The second kappa shape index (κ2) is 19.7. The maximum atomic E-state index is 2.47. The number of hydrogen-bond acceptors (Lipinski definition) is 0. The molecule has 1 heterocycles. The normalized spacial score (nSPS) is 12.7. The Hall–Kier alpha value is -8.00. The van der Waals surface area contributed by atoms with Gasteiger partial charge in [-0.3, -0.25) is 0 Å². The predicted molar refractivity (Wildman–Crippen MR) is 297 cm³/mol. The Morgan fingerprint density at radius 1 is 0.420 bits per heavy atom. The molecule has 0 spiro atoms. The predicted octanol–water partition coefficient (Wildman–Crippen LogP) is 18.3. The summed E-state index contributed by atoms with van der Waals surface area (Å²) in [5.74, 6) is 0. The van der Waals surface area contributed by atoms with E-state index in [1.165, 1.54) is 123 Å². The van der Waals surface area contributed by atoms with Crippen LogP contribution in [0.4, 0.5) is 0 Å². The monoisotopic (exact) mass is 889 g/mol. The van der Waals surface area contributed by atoms with Crippen molar-refractivity contribution in [3.05, 3.63) is 287 Å². The van der Waals surface area contributed by atoms with Crippen LogP contribution in [-0.2, 0) is 11.8 Å². The summed E-state index contributed by atoms with van der Waals surface area (Å²) in [6.45, 7) is 10.5. The molecule has 2 aliphatic carbocycles. The zero-order valence-corrected chi connectivity index (χ0v) is 40.5. The first-order valence-corrected chi connectivity index (χ1v) is 24.6. The SMILES string of the molecule is CC.Cc1cccc(-c2ccc3c4ccccc4n(-c4ccc5c(c4)C(c4ccccc4)(c4ccccc4)c4ccccc4-5)c3c2)c1.Cc1cccc2c1CCC=C2.Cc1cccc2ccccc12. The Balaban J connectivity index is 0.000000187. The molecular formula is C68H59N. The number of aromatic nitrogens is 1. The highest BCUT2D eigenvalue weighted by molar-refractivity contribution is 6.10. The molecule has 0 saturated heterocycles. The Labute approximate surface area is 408 Å². The Bertz CT molecular complexity index is 3560. The van der Waals surface area contributed by atoms with E-state index in [9.17, 15) is 0 Å². The average molecular weight is 890 g/mol. The van der Waals surface area contributed by atoms with Gasteiger partial charge in [-0.2, -0.15) is 0 Å². The van der Waals surface area contributed by atoms with Crippen LogP contribution in [0.3, 0.4) is 0 Å². The van der Waals surface area contributed by atoms with E-state index < -0.39 is 5.41 Å². The van der Waals surface area contributed by atoms with Crippen molar-refractivity contribution in [1.29, 1.82) is 0 Å². The number of rotatable bonds is 4. The van der Waals surface area contributed by atoms with E-state index in [4.69, 9.17) is 0 Å². The van der Waals surface area contributed by atoms with Gasteiger partial charge in [0.05, 0.1) is 16.4 Å². The largest absolute Gasteiger partial charge is 0.309 e. The maximum Gasteiger partial charge on any atom is 0.0714 e. The number of benzene rings is 10. The summed E-state index contributed by atoms with van der Waals surface area (Å²) in [5, 5.41) is 5.22. The van der Waals surface area contributed by atoms with Gasteiger partial charge in [0.1, 0.15) is 0 Å². The molecule has 336 valence electrons. The smallest absolute Gasteiger partial charge is 0.0714 e. The van der Waals surface area contributed by atoms with Crippen molar-refractivity contribution in [2.75, 3.05) is 0 Å². The van der Waals surface area contributed by atoms with Gasteiger partial charge in [0.2, 0.25) is 0 Å². The molecule has 13 rings (SSSR count). The number of fused-ring (bicyclic) bond motifs is 8. The number of para-hydroxylation sites is 1. The highest BCUT2D eigenvalue weighted by atomic mass is 15.0. The van der Waals surface area contributed by atoms with Crippen LogP contribution in [0.5, 0.6) is 0 Å². The molecule has 10 aromatic carbocycles. The number of allylic oxidation sites excluding steroid dienone is 1. The summed E-state index contributed by atoms with van der Waals surface area (Å²) in [6, 6.07) is 84.0. The Morgan fingerprint density at radius 2 is 1.03 bits per heavy atom. The zero-order valence-electron chi connectivity index (χ0n) is 40.5. The summed E-state index contributed by atoms with van der Waals surface area (Å²) < 4.78 is 2.47. The lowest BCUT2D eigenvalue weighted by molar-refractivity contribution is 0.767. The fourth-order valence-corrected chi connectivity index (χ4v) is 10.9. The highest BCUT2D eigenvalue weighted by Gasteiger charge is 2.46. The van der Waals surface area contributed by atoms with Gasteiger partial charge in [0, 0.05) is 16.5 Å².